The van der Waals surface area contributed by atoms with Crippen LogP contribution in [0.5, 0.6) is 11.5 Å². The summed E-state index contributed by atoms with van der Waals surface area (Å²) in [6.45, 7) is 0.153. The molecule has 4 aromatic rings. The molecule has 0 aromatic heterocycles. The second kappa shape index (κ2) is 12.3. The highest BCUT2D eigenvalue weighted by Crippen LogP contribution is 2.31. The Morgan fingerprint density at radius 3 is 2.05 bits per heavy atom. The first kappa shape index (κ1) is 29.4. The third-order valence-corrected chi connectivity index (χ3v) is 8.58. The normalized spacial score (nSPS) is 11.4. The van der Waals surface area contributed by atoms with Crippen LogP contribution in [0.2, 0.25) is 0 Å². The van der Waals surface area contributed by atoms with E-state index >= 15 is 0 Å². The number of anilines is 3. The number of ether oxygens (including phenoxy) is 2. The number of nitrogens with zero attached hydrogens (tertiary/aromatic N) is 1. The van der Waals surface area contributed by atoms with Crippen molar-refractivity contribution in [3.63, 3.8) is 0 Å². The van der Waals surface area contributed by atoms with Crippen molar-refractivity contribution in [2.45, 2.75) is 11.4 Å². The highest BCUT2D eigenvalue weighted by atomic mass is 32.2. The fourth-order valence-corrected chi connectivity index (χ4v) is 5.90. The van der Waals surface area contributed by atoms with Crippen molar-refractivity contribution in [3.8, 4) is 11.5 Å². The molecule has 0 bridgehead atoms. The van der Waals surface area contributed by atoms with Crippen molar-refractivity contribution in [1.82, 2.24) is 0 Å². The van der Waals surface area contributed by atoms with E-state index in [4.69, 9.17) is 9.47 Å². The van der Waals surface area contributed by atoms with Crippen LogP contribution in [0.25, 0.3) is 0 Å². The average Bonchev–Trinajstić information content (AvgIpc) is 2.96. The molecule has 0 saturated heterocycles. The van der Waals surface area contributed by atoms with Gasteiger partial charge in [-0.15, -0.1) is 0 Å². The molecule has 0 spiro atoms. The summed E-state index contributed by atoms with van der Waals surface area (Å²) in [5, 5.41) is 2.72. The molecule has 0 aliphatic carbocycles. The van der Waals surface area contributed by atoms with Gasteiger partial charge in [-0.1, -0.05) is 30.3 Å². The number of hydrogen-bond donors (Lipinski definition) is 2. The predicted molar refractivity (Wildman–Crippen MR) is 159 cm³/mol. The van der Waals surface area contributed by atoms with Gasteiger partial charge in [-0.3, -0.25) is 13.8 Å². The van der Waals surface area contributed by atoms with Crippen molar-refractivity contribution >= 4 is 43.0 Å². The van der Waals surface area contributed by atoms with Gasteiger partial charge in [0.25, 0.3) is 15.9 Å². The minimum absolute atomic E-state index is 0.0241. The van der Waals surface area contributed by atoms with Crippen LogP contribution < -0.4 is 23.8 Å². The standard InChI is InChI=1S/C29H29N3O7S2/c1-38-25-15-18-28(39-2)27(19-25)31-41(36,37)26-16-11-23(12-17-26)30-29(33)22-9-13-24(14-10-22)32(40(3,34)35)20-21-7-5-4-6-8-21/h4-19,31H,20H2,1-3H3,(H,30,33). The highest BCUT2D eigenvalue weighted by molar-refractivity contribution is 7.92. The number of carbonyl (C=O) groups is 1. The summed E-state index contributed by atoms with van der Waals surface area (Å²) in [4.78, 5) is 12.8. The molecule has 0 heterocycles. The lowest BCUT2D eigenvalue weighted by Gasteiger charge is -2.22. The van der Waals surface area contributed by atoms with Crippen LogP contribution in [0.15, 0.2) is 102 Å². The third-order valence-electron chi connectivity index (χ3n) is 6.06. The number of benzene rings is 4. The van der Waals surface area contributed by atoms with Crippen molar-refractivity contribution < 1.29 is 31.1 Å². The lowest BCUT2D eigenvalue weighted by atomic mass is 10.1. The van der Waals surface area contributed by atoms with Crippen LogP contribution in [0.3, 0.4) is 0 Å². The number of carbonyl (C=O) groups excluding carboxylic acids is 1. The SMILES string of the molecule is COc1ccc(OC)c(NS(=O)(=O)c2ccc(NC(=O)c3ccc(N(Cc4ccccc4)S(C)(=O)=O)cc3)cc2)c1. The van der Waals surface area contributed by atoms with E-state index in [1.165, 1.54) is 61.0 Å². The molecule has 0 aliphatic heterocycles. The molecule has 10 nitrogen and oxygen atoms in total. The van der Waals surface area contributed by atoms with Crippen LogP contribution in [-0.2, 0) is 26.6 Å². The Hall–Kier alpha value is -4.55. The number of rotatable bonds is 11. The number of nitrogens with one attached hydrogen (secondary N) is 2. The summed E-state index contributed by atoms with van der Waals surface area (Å²) >= 11 is 0. The van der Waals surface area contributed by atoms with E-state index < -0.39 is 26.0 Å². The minimum Gasteiger partial charge on any atom is -0.497 e. The molecule has 1 amide bonds. The van der Waals surface area contributed by atoms with Gasteiger partial charge < -0.3 is 14.8 Å². The van der Waals surface area contributed by atoms with Crippen molar-refractivity contribution in [2.24, 2.45) is 0 Å². The highest BCUT2D eigenvalue weighted by Gasteiger charge is 2.20. The summed E-state index contributed by atoms with van der Waals surface area (Å²) in [5.41, 5.74) is 2.13. The quantitative estimate of drug-likeness (QED) is 0.256. The zero-order valence-corrected chi connectivity index (χ0v) is 24.2. The predicted octanol–water partition coefficient (Wildman–Crippen LogP) is 4.72. The monoisotopic (exact) mass is 595 g/mol. The van der Waals surface area contributed by atoms with E-state index in [0.717, 1.165) is 11.8 Å². The van der Waals surface area contributed by atoms with Crippen LogP contribution in [0, 0.1) is 0 Å². The topological polar surface area (TPSA) is 131 Å². The number of hydrogen-bond acceptors (Lipinski definition) is 7. The second-order valence-corrected chi connectivity index (χ2v) is 12.5. The van der Waals surface area contributed by atoms with E-state index in [2.05, 4.69) is 10.0 Å². The third kappa shape index (κ3) is 7.35. The Labute approximate surface area is 239 Å². The van der Waals surface area contributed by atoms with Gasteiger partial charge in [0.15, 0.2) is 0 Å². The zero-order chi connectivity index (χ0) is 29.6. The molecule has 0 saturated carbocycles. The molecule has 12 heteroatoms. The van der Waals surface area contributed by atoms with E-state index in [1.807, 2.05) is 30.3 Å². The Morgan fingerprint density at radius 1 is 0.805 bits per heavy atom. The first-order chi connectivity index (χ1) is 19.5. The second-order valence-electron chi connectivity index (χ2n) is 8.95. The van der Waals surface area contributed by atoms with Gasteiger partial charge in [-0.2, -0.15) is 0 Å². The van der Waals surface area contributed by atoms with E-state index in [-0.39, 0.29) is 17.1 Å². The molecule has 0 atom stereocenters. The van der Waals surface area contributed by atoms with Crippen molar-refractivity contribution in [3.05, 3.63) is 108 Å². The molecule has 0 unspecified atom stereocenters. The summed E-state index contributed by atoms with van der Waals surface area (Å²) in [6.07, 6.45) is 1.13. The van der Waals surface area contributed by atoms with Gasteiger partial charge in [0.05, 0.1) is 43.3 Å². The first-order valence-electron chi connectivity index (χ1n) is 12.3. The summed E-state index contributed by atoms with van der Waals surface area (Å²) in [5.74, 6) is 0.333. The fraction of sp³-hybridized carbons (Fsp3) is 0.138. The molecule has 41 heavy (non-hydrogen) atoms. The molecule has 0 radical (unpaired) electrons. The summed E-state index contributed by atoms with van der Waals surface area (Å²) in [7, 11) is -4.65. The van der Waals surface area contributed by atoms with Crippen molar-refractivity contribution in [2.75, 3.05) is 34.8 Å². The van der Waals surface area contributed by atoms with E-state index in [1.54, 1.807) is 24.3 Å². The Bertz CT molecular complexity index is 1730. The molecule has 4 rings (SSSR count). The van der Waals surface area contributed by atoms with Crippen molar-refractivity contribution in [1.29, 1.82) is 0 Å². The summed E-state index contributed by atoms with van der Waals surface area (Å²) < 4.78 is 64.9. The Kier molecular flexibility index (Phi) is 8.84. The molecular formula is C29H29N3O7S2. The van der Waals surface area contributed by atoms with Gasteiger partial charge >= 0.3 is 0 Å². The number of methoxy groups -OCH3 is 2. The van der Waals surface area contributed by atoms with Crippen LogP contribution in [0.4, 0.5) is 17.1 Å². The lowest BCUT2D eigenvalue weighted by Crippen LogP contribution is -2.29. The fourth-order valence-electron chi connectivity index (χ4n) is 3.95. The molecule has 0 aliphatic rings. The van der Waals surface area contributed by atoms with Crippen LogP contribution in [-0.4, -0.2) is 43.2 Å². The Morgan fingerprint density at radius 2 is 1.46 bits per heavy atom. The molecular weight excluding hydrogens is 566 g/mol. The van der Waals surface area contributed by atoms with Gasteiger partial charge in [0.1, 0.15) is 11.5 Å². The first-order valence-corrected chi connectivity index (χ1v) is 15.6. The summed E-state index contributed by atoms with van der Waals surface area (Å²) in [6, 6.07) is 25.8. The maximum absolute atomic E-state index is 13.0. The molecule has 4 aromatic carbocycles. The maximum atomic E-state index is 13.0. The number of sulfonamides is 2. The van der Waals surface area contributed by atoms with E-state index in [9.17, 15) is 21.6 Å². The smallest absolute Gasteiger partial charge is 0.262 e. The van der Waals surface area contributed by atoms with Gasteiger partial charge in [0, 0.05) is 17.3 Å². The molecule has 214 valence electrons. The zero-order valence-electron chi connectivity index (χ0n) is 22.6. The van der Waals surface area contributed by atoms with Crippen LogP contribution in [0.1, 0.15) is 15.9 Å². The number of amides is 1. The lowest BCUT2D eigenvalue weighted by molar-refractivity contribution is 0.102. The van der Waals surface area contributed by atoms with Gasteiger partial charge in [0.2, 0.25) is 10.0 Å². The van der Waals surface area contributed by atoms with Gasteiger partial charge in [-0.05, 0) is 66.2 Å². The molecule has 2 N–H and O–H groups in total. The Balaban J connectivity index is 1.45. The molecule has 0 fully saturated rings. The van der Waals surface area contributed by atoms with E-state index in [0.29, 0.717) is 28.4 Å². The average molecular weight is 596 g/mol. The minimum atomic E-state index is -3.97. The van der Waals surface area contributed by atoms with Gasteiger partial charge in [-0.25, -0.2) is 16.8 Å². The van der Waals surface area contributed by atoms with Crippen LogP contribution >= 0.6 is 0 Å². The maximum Gasteiger partial charge on any atom is 0.262 e. The largest absolute Gasteiger partial charge is 0.497 e.